The minimum absolute atomic E-state index is 0.0153. The van der Waals surface area contributed by atoms with Crippen molar-refractivity contribution in [1.29, 1.82) is 0 Å². The number of hydrogen-bond acceptors (Lipinski definition) is 3. The van der Waals surface area contributed by atoms with Crippen LogP contribution in [0.2, 0.25) is 0 Å². The lowest BCUT2D eigenvalue weighted by atomic mass is 10.1. The molecule has 2 N–H and O–H groups in total. The fourth-order valence-electron chi connectivity index (χ4n) is 1.59. The van der Waals surface area contributed by atoms with Gasteiger partial charge in [0.2, 0.25) is 5.91 Å². The van der Waals surface area contributed by atoms with Crippen LogP contribution in [0, 0.1) is 11.6 Å². The van der Waals surface area contributed by atoms with Gasteiger partial charge in [0.25, 0.3) is 0 Å². The van der Waals surface area contributed by atoms with Gasteiger partial charge in [-0.15, -0.1) is 0 Å². The van der Waals surface area contributed by atoms with Gasteiger partial charge in [0.05, 0.1) is 11.7 Å². The van der Waals surface area contributed by atoms with E-state index in [-0.39, 0.29) is 24.4 Å². The van der Waals surface area contributed by atoms with Crippen LogP contribution >= 0.6 is 0 Å². The minimum Gasteiger partial charge on any atom is -0.387 e. The van der Waals surface area contributed by atoms with Crippen LogP contribution in [0.25, 0.3) is 0 Å². The Morgan fingerprint density at radius 3 is 2.47 bits per heavy atom. The summed E-state index contributed by atoms with van der Waals surface area (Å²) < 4.78 is 26.7. The highest BCUT2D eigenvalue weighted by Crippen LogP contribution is 2.19. The minimum atomic E-state index is -1.28. The second kappa shape index (κ2) is 7.16. The maximum atomic E-state index is 13.4. The lowest BCUT2D eigenvalue weighted by Crippen LogP contribution is -2.29. The molecule has 106 valence electrons. The molecule has 19 heavy (non-hydrogen) atoms. The van der Waals surface area contributed by atoms with Crippen molar-refractivity contribution in [1.82, 2.24) is 10.2 Å². The number of hydrogen-bond donors (Lipinski definition) is 2. The van der Waals surface area contributed by atoms with Crippen LogP contribution in [0.1, 0.15) is 18.1 Å². The zero-order valence-electron chi connectivity index (χ0n) is 11.0. The fraction of sp³-hybridized carbons (Fsp3) is 0.462. The Labute approximate surface area is 111 Å². The highest BCUT2D eigenvalue weighted by Gasteiger charge is 2.17. The molecule has 1 aromatic rings. The Hall–Kier alpha value is -1.53. The van der Waals surface area contributed by atoms with E-state index in [0.717, 1.165) is 12.1 Å². The van der Waals surface area contributed by atoms with Gasteiger partial charge in [-0.25, -0.2) is 8.78 Å². The Morgan fingerprint density at radius 2 is 1.95 bits per heavy atom. The summed E-state index contributed by atoms with van der Waals surface area (Å²) >= 11 is 0. The van der Waals surface area contributed by atoms with Gasteiger partial charge in [0, 0.05) is 33.6 Å². The highest BCUT2D eigenvalue weighted by atomic mass is 19.1. The number of halogens is 2. The number of aliphatic hydroxyl groups excluding tert-OH is 1. The Kier molecular flexibility index (Phi) is 5.85. The largest absolute Gasteiger partial charge is 0.387 e. The zero-order chi connectivity index (χ0) is 14.4. The second-order valence-electron chi connectivity index (χ2n) is 4.39. The van der Waals surface area contributed by atoms with Crippen molar-refractivity contribution < 1.29 is 18.7 Å². The standard InChI is InChI=1S/C13H18F2N2O2/c1-17(2)12(19)6-7-16-8-11(18)13-9(14)4-3-5-10(13)15/h3-5,11,16,18H,6-8H2,1-2H3. The van der Waals surface area contributed by atoms with E-state index in [4.69, 9.17) is 0 Å². The van der Waals surface area contributed by atoms with Crippen molar-refractivity contribution in [2.24, 2.45) is 0 Å². The zero-order valence-corrected chi connectivity index (χ0v) is 11.0. The number of carbonyl (C=O) groups is 1. The van der Waals surface area contributed by atoms with Crippen LogP contribution in [-0.2, 0) is 4.79 Å². The van der Waals surface area contributed by atoms with Crippen molar-refractivity contribution in [2.45, 2.75) is 12.5 Å². The molecule has 0 bridgehead atoms. The molecule has 0 aliphatic carbocycles. The molecule has 1 aromatic carbocycles. The molecule has 1 rings (SSSR count). The molecule has 4 nitrogen and oxygen atoms in total. The summed E-state index contributed by atoms with van der Waals surface area (Å²) in [5.74, 6) is -1.61. The van der Waals surface area contributed by atoms with Gasteiger partial charge in [-0.05, 0) is 12.1 Å². The van der Waals surface area contributed by atoms with Gasteiger partial charge in [0.15, 0.2) is 0 Å². The van der Waals surface area contributed by atoms with E-state index in [9.17, 15) is 18.7 Å². The molecule has 1 unspecified atom stereocenters. The van der Waals surface area contributed by atoms with Crippen LogP contribution in [0.15, 0.2) is 18.2 Å². The van der Waals surface area contributed by atoms with Gasteiger partial charge >= 0.3 is 0 Å². The van der Waals surface area contributed by atoms with Gasteiger partial charge in [0.1, 0.15) is 11.6 Å². The van der Waals surface area contributed by atoms with Crippen molar-refractivity contribution in [3.05, 3.63) is 35.4 Å². The first kappa shape index (κ1) is 15.5. The Balaban J connectivity index is 2.44. The Bertz CT molecular complexity index is 418. The molecule has 0 aliphatic rings. The maximum Gasteiger partial charge on any atom is 0.223 e. The van der Waals surface area contributed by atoms with E-state index >= 15 is 0 Å². The third-order valence-corrected chi connectivity index (χ3v) is 2.69. The first-order valence-electron chi connectivity index (χ1n) is 5.96. The number of amides is 1. The van der Waals surface area contributed by atoms with Crippen molar-refractivity contribution in [3.63, 3.8) is 0 Å². The molecule has 1 amide bonds. The smallest absolute Gasteiger partial charge is 0.223 e. The van der Waals surface area contributed by atoms with Crippen LogP contribution in [0.4, 0.5) is 8.78 Å². The summed E-state index contributed by atoms with van der Waals surface area (Å²) in [6.45, 7) is 0.322. The molecular formula is C13H18F2N2O2. The molecular weight excluding hydrogens is 254 g/mol. The number of carbonyl (C=O) groups excluding carboxylic acids is 1. The topological polar surface area (TPSA) is 52.6 Å². The average molecular weight is 272 g/mol. The van der Waals surface area contributed by atoms with E-state index < -0.39 is 17.7 Å². The third-order valence-electron chi connectivity index (χ3n) is 2.69. The van der Waals surface area contributed by atoms with Gasteiger partial charge in [-0.3, -0.25) is 4.79 Å². The molecule has 0 saturated heterocycles. The molecule has 0 fully saturated rings. The van der Waals surface area contributed by atoms with Crippen LogP contribution < -0.4 is 5.32 Å². The number of nitrogens with one attached hydrogen (secondary N) is 1. The number of nitrogens with zero attached hydrogens (tertiary/aromatic N) is 1. The molecule has 0 aliphatic heterocycles. The second-order valence-corrected chi connectivity index (χ2v) is 4.39. The number of benzene rings is 1. The van der Waals surface area contributed by atoms with Crippen LogP contribution in [0.3, 0.4) is 0 Å². The van der Waals surface area contributed by atoms with Crippen molar-refractivity contribution in [2.75, 3.05) is 27.2 Å². The first-order valence-corrected chi connectivity index (χ1v) is 5.96. The molecule has 6 heteroatoms. The number of aliphatic hydroxyl groups is 1. The third kappa shape index (κ3) is 4.57. The SMILES string of the molecule is CN(C)C(=O)CCNCC(O)c1c(F)cccc1F. The van der Waals surface area contributed by atoms with Crippen LogP contribution in [0.5, 0.6) is 0 Å². The predicted octanol–water partition coefficient (Wildman–Crippen LogP) is 1.07. The van der Waals surface area contributed by atoms with E-state index in [2.05, 4.69) is 5.32 Å². The van der Waals surface area contributed by atoms with E-state index in [1.807, 2.05) is 0 Å². The predicted molar refractivity (Wildman–Crippen MR) is 67.5 cm³/mol. The van der Waals surface area contributed by atoms with Crippen molar-refractivity contribution >= 4 is 5.91 Å². The van der Waals surface area contributed by atoms with E-state index in [0.29, 0.717) is 6.54 Å². The normalized spacial score (nSPS) is 12.3. The maximum absolute atomic E-state index is 13.4. The molecule has 0 spiro atoms. The lowest BCUT2D eigenvalue weighted by molar-refractivity contribution is -0.128. The summed E-state index contributed by atoms with van der Waals surface area (Å²) in [5.41, 5.74) is -0.353. The molecule has 0 radical (unpaired) electrons. The van der Waals surface area contributed by atoms with Gasteiger partial charge in [-0.2, -0.15) is 0 Å². The van der Waals surface area contributed by atoms with E-state index in [1.165, 1.54) is 11.0 Å². The Morgan fingerprint density at radius 1 is 1.37 bits per heavy atom. The summed E-state index contributed by atoms with van der Waals surface area (Å²) in [5, 5.41) is 12.5. The summed E-state index contributed by atoms with van der Waals surface area (Å²) in [6.07, 6.45) is -1.02. The first-order chi connectivity index (χ1) is 8.93. The van der Waals surface area contributed by atoms with Gasteiger partial charge < -0.3 is 15.3 Å². The summed E-state index contributed by atoms with van der Waals surface area (Å²) in [4.78, 5) is 12.7. The number of rotatable bonds is 6. The van der Waals surface area contributed by atoms with Crippen LogP contribution in [-0.4, -0.2) is 43.1 Å². The lowest BCUT2D eigenvalue weighted by Gasteiger charge is -2.14. The quantitative estimate of drug-likeness (QED) is 0.762. The molecule has 0 aromatic heterocycles. The molecule has 0 heterocycles. The monoisotopic (exact) mass is 272 g/mol. The fourth-order valence-corrected chi connectivity index (χ4v) is 1.59. The molecule has 0 saturated carbocycles. The molecule has 1 atom stereocenters. The van der Waals surface area contributed by atoms with Gasteiger partial charge in [-0.1, -0.05) is 6.07 Å². The van der Waals surface area contributed by atoms with Crippen molar-refractivity contribution in [3.8, 4) is 0 Å². The summed E-state index contributed by atoms with van der Waals surface area (Å²) in [6, 6.07) is 3.43. The highest BCUT2D eigenvalue weighted by molar-refractivity contribution is 5.75. The average Bonchev–Trinajstić information content (AvgIpc) is 2.34. The summed E-state index contributed by atoms with van der Waals surface area (Å²) in [7, 11) is 3.29. The van der Waals surface area contributed by atoms with E-state index in [1.54, 1.807) is 14.1 Å².